The molecule has 2 atom stereocenters. The molecule has 0 radical (unpaired) electrons. The first-order valence-electron chi connectivity index (χ1n) is 3.94. The van der Waals surface area contributed by atoms with E-state index in [4.69, 9.17) is 11.6 Å². The largest absolute Gasteiger partial charge is 0.300 e. The molecule has 2 rings (SSSR count). The van der Waals surface area contributed by atoms with E-state index >= 15 is 0 Å². The Morgan fingerprint density at radius 1 is 1.67 bits per heavy atom. The minimum absolute atomic E-state index is 0.278. The summed E-state index contributed by atoms with van der Waals surface area (Å²) in [4.78, 5) is 12.2. The van der Waals surface area contributed by atoms with E-state index in [2.05, 4.69) is 0 Å². The third-order valence-electron chi connectivity index (χ3n) is 2.27. The number of hydrogen-bond acceptors (Lipinski definition) is 2. The molecule has 1 fully saturated rings. The summed E-state index contributed by atoms with van der Waals surface area (Å²) in [5.74, 6) is 1.06. The molecule has 1 nitrogen and oxygen atoms in total. The molecule has 64 valence electrons. The zero-order valence-corrected chi connectivity index (χ0v) is 8.28. The van der Waals surface area contributed by atoms with Crippen LogP contribution in [0.3, 0.4) is 0 Å². The van der Waals surface area contributed by atoms with E-state index in [1.807, 2.05) is 12.1 Å². The van der Waals surface area contributed by atoms with Crippen LogP contribution in [0.25, 0.3) is 0 Å². The minimum atomic E-state index is 0.278. The second kappa shape index (κ2) is 2.86. The fourth-order valence-corrected chi connectivity index (χ4v) is 2.73. The van der Waals surface area contributed by atoms with Crippen LogP contribution in [0.4, 0.5) is 0 Å². The van der Waals surface area contributed by atoms with E-state index in [0.717, 1.165) is 10.8 Å². The number of halogens is 1. The topological polar surface area (TPSA) is 17.1 Å². The number of hydrogen-bond donors (Lipinski definition) is 0. The fraction of sp³-hybridized carbons (Fsp3) is 0.444. The van der Waals surface area contributed by atoms with Gasteiger partial charge in [-0.15, -0.1) is 11.3 Å². The molecule has 0 unspecified atom stereocenters. The van der Waals surface area contributed by atoms with Crippen LogP contribution >= 0.6 is 22.9 Å². The summed E-state index contributed by atoms with van der Waals surface area (Å²) in [6.07, 6.45) is 1.02. The van der Waals surface area contributed by atoms with E-state index in [1.54, 1.807) is 18.3 Å². The van der Waals surface area contributed by atoms with Gasteiger partial charge in [0.2, 0.25) is 0 Å². The van der Waals surface area contributed by atoms with Crippen molar-refractivity contribution in [3.8, 4) is 0 Å². The summed E-state index contributed by atoms with van der Waals surface area (Å²) in [6, 6.07) is 3.93. The molecule has 1 aromatic heterocycles. The Kier molecular flexibility index (Phi) is 1.97. The highest BCUT2D eigenvalue weighted by Gasteiger charge is 2.42. The highest BCUT2D eigenvalue weighted by atomic mass is 35.5. The molecular formula is C9H9ClOS. The standard InChI is InChI=1S/C9H9ClOS/c1-5(11)6-4-7(6)8-2-3-9(10)12-8/h2-3,6-7H,4H2,1H3/t6-,7+/m0/s1. The highest BCUT2D eigenvalue weighted by Crippen LogP contribution is 2.50. The maximum absolute atomic E-state index is 11.0. The molecule has 0 aromatic carbocycles. The van der Waals surface area contributed by atoms with E-state index in [-0.39, 0.29) is 5.92 Å². The van der Waals surface area contributed by atoms with Crippen molar-refractivity contribution in [3.05, 3.63) is 21.3 Å². The van der Waals surface area contributed by atoms with Gasteiger partial charge in [-0.05, 0) is 25.5 Å². The van der Waals surface area contributed by atoms with Crippen molar-refractivity contribution < 1.29 is 4.79 Å². The zero-order chi connectivity index (χ0) is 8.72. The van der Waals surface area contributed by atoms with Crippen LogP contribution in [0, 0.1) is 5.92 Å². The van der Waals surface area contributed by atoms with Gasteiger partial charge in [0, 0.05) is 16.7 Å². The van der Waals surface area contributed by atoms with Gasteiger partial charge in [-0.2, -0.15) is 0 Å². The van der Waals surface area contributed by atoms with Gasteiger partial charge < -0.3 is 0 Å². The lowest BCUT2D eigenvalue weighted by molar-refractivity contribution is -0.118. The van der Waals surface area contributed by atoms with Crippen LogP contribution in [0.2, 0.25) is 4.34 Å². The second-order valence-corrected chi connectivity index (χ2v) is 4.95. The van der Waals surface area contributed by atoms with Gasteiger partial charge in [-0.1, -0.05) is 11.6 Å². The van der Waals surface area contributed by atoms with E-state index in [0.29, 0.717) is 11.7 Å². The number of carbonyl (C=O) groups is 1. The van der Waals surface area contributed by atoms with Crippen molar-refractivity contribution in [2.24, 2.45) is 5.92 Å². The van der Waals surface area contributed by atoms with Crippen LogP contribution in [0.15, 0.2) is 12.1 Å². The molecule has 1 saturated carbocycles. The molecular weight excluding hydrogens is 192 g/mol. The Hall–Kier alpha value is -0.340. The lowest BCUT2D eigenvalue weighted by Crippen LogP contribution is -1.93. The van der Waals surface area contributed by atoms with Gasteiger partial charge in [0.15, 0.2) is 0 Å². The molecule has 1 aliphatic rings. The van der Waals surface area contributed by atoms with E-state index < -0.39 is 0 Å². The molecule has 0 aliphatic heterocycles. The second-order valence-electron chi connectivity index (χ2n) is 3.20. The SMILES string of the molecule is CC(=O)[C@@H]1C[C@H]1c1ccc(Cl)s1. The first-order chi connectivity index (χ1) is 5.68. The summed E-state index contributed by atoms with van der Waals surface area (Å²) in [6.45, 7) is 1.67. The number of carbonyl (C=O) groups excluding carboxylic acids is 1. The molecule has 1 heterocycles. The van der Waals surface area contributed by atoms with Gasteiger partial charge in [0.1, 0.15) is 5.78 Å². The quantitative estimate of drug-likeness (QED) is 0.717. The van der Waals surface area contributed by atoms with Crippen molar-refractivity contribution in [1.29, 1.82) is 0 Å². The fourth-order valence-electron chi connectivity index (χ4n) is 1.49. The van der Waals surface area contributed by atoms with Crippen molar-refractivity contribution >= 4 is 28.7 Å². The average Bonchev–Trinajstić information content (AvgIpc) is 2.70. The van der Waals surface area contributed by atoms with E-state index in [1.165, 1.54) is 4.88 Å². The van der Waals surface area contributed by atoms with Crippen molar-refractivity contribution in [3.63, 3.8) is 0 Å². The van der Waals surface area contributed by atoms with Gasteiger partial charge in [0.05, 0.1) is 4.34 Å². The van der Waals surface area contributed by atoms with Gasteiger partial charge in [0.25, 0.3) is 0 Å². The monoisotopic (exact) mass is 200 g/mol. The Morgan fingerprint density at radius 3 is 2.83 bits per heavy atom. The van der Waals surface area contributed by atoms with Crippen molar-refractivity contribution in [2.75, 3.05) is 0 Å². The maximum atomic E-state index is 11.0. The smallest absolute Gasteiger partial charge is 0.133 e. The predicted molar refractivity (Wildman–Crippen MR) is 50.9 cm³/mol. The number of Topliss-reactive ketones (excluding diaryl/α,β-unsaturated/α-hetero) is 1. The average molecular weight is 201 g/mol. The zero-order valence-electron chi connectivity index (χ0n) is 6.71. The summed E-state index contributed by atoms with van der Waals surface area (Å²) in [5, 5.41) is 0. The van der Waals surface area contributed by atoms with Gasteiger partial charge in [-0.3, -0.25) is 4.79 Å². The number of rotatable bonds is 2. The summed E-state index contributed by atoms with van der Waals surface area (Å²) < 4.78 is 0.819. The minimum Gasteiger partial charge on any atom is -0.300 e. The van der Waals surface area contributed by atoms with Crippen LogP contribution < -0.4 is 0 Å². The van der Waals surface area contributed by atoms with Gasteiger partial charge in [-0.25, -0.2) is 0 Å². The molecule has 0 spiro atoms. The van der Waals surface area contributed by atoms with Crippen molar-refractivity contribution in [1.82, 2.24) is 0 Å². The molecule has 0 amide bonds. The van der Waals surface area contributed by atoms with Crippen molar-refractivity contribution in [2.45, 2.75) is 19.3 Å². The first-order valence-corrected chi connectivity index (χ1v) is 5.13. The Bertz CT molecular complexity index is 318. The van der Waals surface area contributed by atoms with Crippen LogP contribution in [-0.2, 0) is 4.79 Å². The lowest BCUT2D eigenvalue weighted by Gasteiger charge is -1.90. The Balaban J connectivity index is 2.10. The number of ketones is 1. The molecule has 1 aliphatic carbocycles. The van der Waals surface area contributed by atoms with E-state index in [9.17, 15) is 4.79 Å². The number of thiophene rings is 1. The molecule has 0 bridgehead atoms. The van der Waals surface area contributed by atoms with Crippen LogP contribution in [0.1, 0.15) is 24.1 Å². The Labute approximate surface area is 80.4 Å². The predicted octanol–water partition coefficient (Wildman–Crippen LogP) is 3.09. The normalized spacial score (nSPS) is 27.2. The first kappa shape index (κ1) is 8.27. The molecule has 0 saturated heterocycles. The highest BCUT2D eigenvalue weighted by molar-refractivity contribution is 7.16. The summed E-state index contributed by atoms with van der Waals surface area (Å²) in [7, 11) is 0. The Morgan fingerprint density at radius 2 is 2.42 bits per heavy atom. The third kappa shape index (κ3) is 1.41. The third-order valence-corrected chi connectivity index (χ3v) is 3.64. The molecule has 12 heavy (non-hydrogen) atoms. The van der Waals surface area contributed by atoms with Crippen LogP contribution in [0.5, 0.6) is 0 Å². The molecule has 3 heteroatoms. The summed E-state index contributed by atoms with van der Waals surface area (Å²) >= 11 is 7.39. The molecule has 0 N–H and O–H groups in total. The van der Waals surface area contributed by atoms with Crippen LogP contribution in [-0.4, -0.2) is 5.78 Å². The van der Waals surface area contributed by atoms with Gasteiger partial charge >= 0.3 is 0 Å². The summed E-state index contributed by atoms with van der Waals surface area (Å²) in [5.41, 5.74) is 0. The lowest BCUT2D eigenvalue weighted by atomic mass is 10.2. The maximum Gasteiger partial charge on any atom is 0.133 e. The molecule has 1 aromatic rings.